The van der Waals surface area contributed by atoms with Crippen LogP contribution in [0.1, 0.15) is 32.4 Å². The molecule has 1 aromatic rings. The van der Waals surface area contributed by atoms with Crippen molar-refractivity contribution >= 4 is 0 Å². The summed E-state index contributed by atoms with van der Waals surface area (Å²) in [6.07, 6.45) is 0. The van der Waals surface area contributed by atoms with Gasteiger partial charge < -0.3 is 15.2 Å². The van der Waals surface area contributed by atoms with Gasteiger partial charge in [0.05, 0.1) is 19.3 Å². The molecule has 0 saturated heterocycles. The summed E-state index contributed by atoms with van der Waals surface area (Å²) in [5.74, 6) is 1.41. The summed E-state index contributed by atoms with van der Waals surface area (Å²) in [7, 11) is 0. The summed E-state index contributed by atoms with van der Waals surface area (Å²) in [5.41, 5.74) is 1.03. The van der Waals surface area contributed by atoms with E-state index in [-0.39, 0.29) is 12.6 Å². The smallest absolute Gasteiger partial charge is 0.124 e. The fourth-order valence-electron chi connectivity index (χ4n) is 1.71. The van der Waals surface area contributed by atoms with Gasteiger partial charge in [0.15, 0.2) is 0 Å². The Morgan fingerprint density at radius 3 is 2.59 bits per heavy atom. The largest absolute Gasteiger partial charge is 0.494 e. The lowest BCUT2D eigenvalue weighted by Gasteiger charge is -2.20. The second kappa shape index (κ2) is 7.30. The van der Waals surface area contributed by atoms with E-state index < -0.39 is 0 Å². The maximum atomic E-state index is 9.47. The minimum atomic E-state index is -0.0554. The number of ether oxygens (including phenoxy) is 1. The van der Waals surface area contributed by atoms with E-state index in [2.05, 4.69) is 19.2 Å². The lowest BCUT2D eigenvalue weighted by molar-refractivity contribution is 0.235. The maximum absolute atomic E-state index is 9.47. The van der Waals surface area contributed by atoms with Gasteiger partial charge in [-0.3, -0.25) is 0 Å². The first-order valence-corrected chi connectivity index (χ1v) is 6.25. The zero-order chi connectivity index (χ0) is 12.7. The first-order chi connectivity index (χ1) is 8.19. The molecule has 0 amide bonds. The highest BCUT2D eigenvalue weighted by atomic mass is 16.5. The van der Waals surface area contributed by atoms with E-state index in [1.165, 1.54) is 0 Å². The molecule has 1 rings (SSSR count). The van der Waals surface area contributed by atoms with Gasteiger partial charge in [-0.1, -0.05) is 32.0 Å². The van der Waals surface area contributed by atoms with Crippen molar-refractivity contribution in [3.8, 4) is 5.75 Å². The molecule has 17 heavy (non-hydrogen) atoms. The molecule has 0 aliphatic heterocycles. The Balaban J connectivity index is 2.79. The lowest BCUT2D eigenvalue weighted by atomic mass is 10.1. The van der Waals surface area contributed by atoms with Gasteiger partial charge in [0.25, 0.3) is 0 Å². The molecule has 0 bridgehead atoms. The summed E-state index contributed by atoms with van der Waals surface area (Å²) < 4.78 is 5.58. The van der Waals surface area contributed by atoms with Gasteiger partial charge in [0.1, 0.15) is 5.75 Å². The Bertz CT molecular complexity index is 326. The molecule has 0 aliphatic carbocycles. The lowest BCUT2D eigenvalue weighted by Crippen LogP contribution is -2.28. The van der Waals surface area contributed by atoms with Crippen LogP contribution < -0.4 is 10.1 Å². The predicted octanol–water partition coefficient (Wildman–Crippen LogP) is 2.36. The highest BCUT2D eigenvalue weighted by Gasteiger charge is 2.14. The van der Waals surface area contributed by atoms with Gasteiger partial charge in [-0.15, -0.1) is 0 Å². The van der Waals surface area contributed by atoms with Crippen LogP contribution in [-0.4, -0.2) is 24.9 Å². The Hall–Kier alpha value is -1.06. The van der Waals surface area contributed by atoms with E-state index in [0.717, 1.165) is 17.9 Å². The van der Waals surface area contributed by atoms with Crippen molar-refractivity contribution in [2.45, 2.75) is 26.8 Å². The van der Waals surface area contributed by atoms with Crippen LogP contribution in [-0.2, 0) is 0 Å². The van der Waals surface area contributed by atoms with Crippen molar-refractivity contribution in [1.29, 1.82) is 0 Å². The van der Waals surface area contributed by atoms with Crippen molar-refractivity contribution in [3.05, 3.63) is 29.8 Å². The number of hydrogen-bond donors (Lipinski definition) is 2. The summed E-state index contributed by atoms with van der Waals surface area (Å²) in [6.45, 7) is 7.86. The van der Waals surface area contributed by atoms with Gasteiger partial charge in [-0.05, 0) is 25.5 Å². The molecular weight excluding hydrogens is 214 g/mol. The molecule has 3 nitrogen and oxygen atoms in total. The molecule has 1 unspecified atom stereocenters. The average Bonchev–Trinajstić information content (AvgIpc) is 2.32. The molecule has 0 aromatic heterocycles. The number of benzene rings is 1. The molecule has 0 aliphatic rings. The van der Waals surface area contributed by atoms with E-state index in [1.807, 2.05) is 31.2 Å². The molecule has 0 fully saturated rings. The number of para-hydroxylation sites is 1. The van der Waals surface area contributed by atoms with Gasteiger partial charge in [0, 0.05) is 5.56 Å². The van der Waals surface area contributed by atoms with Gasteiger partial charge in [-0.2, -0.15) is 0 Å². The second-order valence-corrected chi connectivity index (χ2v) is 4.51. The van der Waals surface area contributed by atoms with Crippen molar-refractivity contribution in [1.82, 2.24) is 5.32 Å². The predicted molar refractivity (Wildman–Crippen MR) is 70.3 cm³/mol. The topological polar surface area (TPSA) is 41.5 Å². The minimum Gasteiger partial charge on any atom is -0.494 e. The number of rotatable bonds is 7. The first kappa shape index (κ1) is 14.0. The Morgan fingerprint density at radius 1 is 1.29 bits per heavy atom. The van der Waals surface area contributed by atoms with E-state index >= 15 is 0 Å². The zero-order valence-electron chi connectivity index (χ0n) is 10.9. The number of hydrogen-bond acceptors (Lipinski definition) is 3. The summed E-state index contributed by atoms with van der Waals surface area (Å²) >= 11 is 0. The maximum Gasteiger partial charge on any atom is 0.124 e. The van der Waals surface area contributed by atoms with Gasteiger partial charge in [-0.25, -0.2) is 0 Å². The van der Waals surface area contributed by atoms with E-state index in [1.54, 1.807) is 0 Å². The van der Waals surface area contributed by atoms with Crippen LogP contribution in [0.25, 0.3) is 0 Å². The molecule has 0 heterocycles. The van der Waals surface area contributed by atoms with Crippen molar-refractivity contribution in [2.75, 3.05) is 19.8 Å². The Kier molecular flexibility index (Phi) is 6.01. The Labute approximate surface area is 104 Å². The van der Waals surface area contributed by atoms with E-state index in [0.29, 0.717) is 12.5 Å². The average molecular weight is 237 g/mol. The third kappa shape index (κ3) is 4.36. The van der Waals surface area contributed by atoms with Crippen LogP contribution in [0, 0.1) is 5.92 Å². The molecule has 2 N–H and O–H groups in total. The zero-order valence-corrected chi connectivity index (χ0v) is 10.9. The van der Waals surface area contributed by atoms with Crippen LogP contribution in [0.3, 0.4) is 0 Å². The van der Waals surface area contributed by atoms with Crippen LogP contribution in [0.15, 0.2) is 24.3 Å². The molecule has 0 radical (unpaired) electrons. The van der Waals surface area contributed by atoms with Crippen LogP contribution in [0.5, 0.6) is 5.75 Å². The number of aliphatic hydroxyl groups excluding tert-OH is 1. The molecule has 3 heteroatoms. The molecular formula is C14H23NO2. The fourth-order valence-corrected chi connectivity index (χ4v) is 1.71. The van der Waals surface area contributed by atoms with Crippen LogP contribution >= 0.6 is 0 Å². The van der Waals surface area contributed by atoms with Crippen molar-refractivity contribution in [3.63, 3.8) is 0 Å². The molecule has 1 aromatic carbocycles. The number of aliphatic hydroxyl groups is 1. The highest BCUT2D eigenvalue weighted by molar-refractivity contribution is 5.36. The Morgan fingerprint density at radius 2 is 2.00 bits per heavy atom. The quantitative estimate of drug-likeness (QED) is 0.765. The third-order valence-corrected chi connectivity index (χ3v) is 2.55. The monoisotopic (exact) mass is 237 g/mol. The molecule has 1 atom stereocenters. The van der Waals surface area contributed by atoms with Crippen LogP contribution in [0.4, 0.5) is 0 Å². The highest BCUT2D eigenvalue weighted by Crippen LogP contribution is 2.24. The molecule has 0 saturated carbocycles. The van der Waals surface area contributed by atoms with Crippen molar-refractivity contribution < 1.29 is 9.84 Å². The minimum absolute atomic E-state index is 0.0554. The molecule has 96 valence electrons. The second-order valence-electron chi connectivity index (χ2n) is 4.51. The fraction of sp³-hybridized carbons (Fsp3) is 0.571. The van der Waals surface area contributed by atoms with Gasteiger partial charge in [0.2, 0.25) is 0 Å². The van der Waals surface area contributed by atoms with Crippen molar-refractivity contribution in [2.24, 2.45) is 5.92 Å². The van der Waals surface area contributed by atoms with Crippen LogP contribution in [0.2, 0.25) is 0 Å². The number of nitrogens with one attached hydrogen (secondary N) is 1. The standard InChI is InChI=1S/C14H23NO2/c1-4-17-14-8-6-5-7-12(14)13(10-16)15-9-11(2)3/h5-8,11,13,15-16H,4,9-10H2,1-3H3. The van der Waals surface area contributed by atoms with Gasteiger partial charge >= 0.3 is 0 Å². The van der Waals surface area contributed by atoms with E-state index in [9.17, 15) is 5.11 Å². The third-order valence-electron chi connectivity index (χ3n) is 2.55. The summed E-state index contributed by atoms with van der Waals surface area (Å²) in [6, 6.07) is 7.81. The normalized spacial score (nSPS) is 12.8. The molecule has 0 spiro atoms. The van der Waals surface area contributed by atoms with E-state index in [4.69, 9.17) is 4.74 Å². The summed E-state index contributed by atoms with van der Waals surface area (Å²) in [4.78, 5) is 0. The SMILES string of the molecule is CCOc1ccccc1C(CO)NCC(C)C. The first-order valence-electron chi connectivity index (χ1n) is 6.25. The summed E-state index contributed by atoms with van der Waals surface area (Å²) in [5, 5.41) is 12.8.